The fraction of sp³-hybridized carbons (Fsp3) is 0.500. The molecule has 0 bridgehead atoms. The molecule has 0 aliphatic heterocycles. The Balaban J connectivity index is 1.83. The van der Waals surface area contributed by atoms with Gasteiger partial charge >= 0.3 is 0 Å². The van der Waals surface area contributed by atoms with E-state index in [2.05, 4.69) is 22.8 Å². The van der Waals surface area contributed by atoms with Crippen LogP contribution in [-0.4, -0.2) is 24.5 Å². The van der Waals surface area contributed by atoms with Crippen molar-refractivity contribution in [1.29, 1.82) is 0 Å². The Morgan fingerprint density at radius 3 is 2.86 bits per heavy atom. The van der Waals surface area contributed by atoms with Crippen LogP contribution in [0.25, 0.3) is 0 Å². The molecule has 4 nitrogen and oxygen atoms in total. The van der Waals surface area contributed by atoms with Crippen molar-refractivity contribution in [3.8, 4) is 5.75 Å². The topological polar surface area (TPSA) is 45.6 Å². The molecule has 1 aromatic rings. The Kier molecular flexibility index (Phi) is 6.12. The molecule has 2 N–H and O–H groups in total. The van der Waals surface area contributed by atoms with Crippen LogP contribution in [0, 0.1) is 11.7 Å². The van der Waals surface area contributed by atoms with Crippen molar-refractivity contribution >= 4 is 23.5 Å². The molecule has 0 radical (unpaired) electrons. The van der Waals surface area contributed by atoms with Crippen molar-refractivity contribution in [2.24, 2.45) is 11.0 Å². The van der Waals surface area contributed by atoms with Gasteiger partial charge in [-0.3, -0.25) is 5.43 Å². The molecule has 1 fully saturated rings. The minimum absolute atomic E-state index is 0.216. The summed E-state index contributed by atoms with van der Waals surface area (Å²) in [7, 11) is 1.43. The lowest BCUT2D eigenvalue weighted by atomic mass is 9.86. The first-order valence-electron chi connectivity index (χ1n) is 7.53. The van der Waals surface area contributed by atoms with Gasteiger partial charge in [0.1, 0.15) is 0 Å². The first-order chi connectivity index (χ1) is 10.6. The van der Waals surface area contributed by atoms with E-state index in [1.807, 2.05) is 0 Å². The van der Waals surface area contributed by atoms with E-state index in [9.17, 15) is 4.39 Å². The lowest BCUT2D eigenvalue weighted by Gasteiger charge is -2.30. The average molecular weight is 323 g/mol. The van der Waals surface area contributed by atoms with Gasteiger partial charge in [0.25, 0.3) is 0 Å². The van der Waals surface area contributed by atoms with Gasteiger partial charge in [0.2, 0.25) is 0 Å². The van der Waals surface area contributed by atoms with Crippen LogP contribution in [0.5, 0.6) is 5.75 Å². The van der Waals surface area contributed by atoms with Gasteiger partial charge in [-0.1, -0.05) is 19.8 Å². The Hall–Kier alpha value is -1.69. The zero-order chi connectivity index (χ0) is 15.9. The van der Waals surface area contributed by atoms with Crippen LogP contribution in [0.4, 0.5) is 4.39 Å². The van der Waals surface area contributed by atoms with E-state index >= 15 is 0 Å². The van der Waals surface area contributed by atoms with Crippen molar-refractivity contribution in [2.45, 2.75) is 38.6 Å². The van der Waals surface area contributed by atoms with E-state index in [0.717, 1.165) is 6.42 Å². The molecule has 22 heavy (non-hydrogen) atoms. The van der Waals surface area contributed by atoms with Crippen molar-refractivity contribution in [1.82, 2.24) is 10.7 Å². The van der Waals surface area contributed by atoms with E-state index in [4.69, 9.17) is 17.0 Å². The van der Waals surface area contributed by atoms with Gasteiger partial charge in [-0.15, -0.1) is 0 Å². The standard InChI is InChI=1S/C16H22FN3OS/c1-11-5-3-4-6-14(11)19-16(22)20-18-10-12-7-8-15(21-2)13(17)9-12/h7-11,14H,3-6H2,1-2H3,(H2,19,20,22)/b18-10-/t11-,14-/m1/s1. The molecular weight excluding hydrogens is 301 g/mol. The predicted octanol–water partition coefficient (Wildman–Crippen LogP) is 3.21. The first kappa shape index (κ1) is 16.7. The normalized spacial score (nSPS) is 21.6. The third-order valence-electron chi connectivity index (χ3n) is 3.98. The molecular formula is C16H22FN3OS. The number of halogens is 1. The Labute approximate surface area is 136 Å². The van der Waals surface area contributed by atoms with Crippen LogP contribution < -0.4 is 15.5 Å². The molecule has 1 aliphatic rings. The summed E-state index contributed by atoms with van der Waals surface area (Å²) in [6.45, 7) is 2.24. The maximum absolute atomic E-state index is 13.5. The molecule has 0 saturated heterocycles. The van der Waals surface area contributed by atoms with Crippen molar-refractivity contribution in [3.05, 3.63) is 29.6 Å². The first-order valence-corrected chi connectivity index (χ1v) is 7.94. The van der Waals surface area contributed by atoms with Crippen LogP contribution >= 0.6 is 12.2 Å². The van der Waals surface area contributed by atoms with Gasteiger partial charge in [-0.2, -0.15) is 5.10 Å². The van der Waals surface area contributed by atoms with E-state index < -0.39 is 5.82 Å². The molecule has 6 heteroatoms. The maximum atomic E-state index is 13.5. The van der Waals surface area contributed by atoms with Gasteiger partial charge in [0.05, 0.1) is 13.3 Å². The van der Waals surface area contributed by atoms with Gasteiger partial charge in [0.15, 0.2) is 16.7 Å². The number of thiocarbonyl (C=S) groups is 1. The number of methoxy groups -OCH3 is 1. The highest BCUT2D eigenvalue weighted by Gasteiger charge is 2.21. The third-order valence-corrected chi connectivity index (χ3v) is 4.19. The van der Waals surface area contributed by atoms with Crippen molar-refractivity contribution in [2.75, 3.05) is 7.11 Å². The summed E-state index contributed by atoms with van der Waals surface area (Å²) >= 11 is 5.24. The number of ether oxygens (including phenoxy) is 1. The zero-order valence-corrected chi connectivity index (χ0v) is 13.8. The predicted molar refractivity (Wildman–Crippen MR) is 90.8 cm³/mol. The summed E-state index contributed by atoms with van der Waals surface area (Å²) in [5, 5.41) is 7.84. The van der Waals surface area contributed by atoms with E-state index in [-0.39, 0.29) is 5.75 Å². The molecule has 2 atom stereocenters. The fourth-order valence-electron chi connectivity index (χ4n) is 2.66. The molecule has 120 valence electrons. The van der Waals surface area contributed by atoms with Crippen LogP contribution in [0.15, 0.2) is 23.3 Å². The van der Waals surface area contributed by atoms with E-state index in [1.165, 1.54) is 38.7 Å². The SMILES string of the molecule is COc1ccc(/C=N\NC(=S)N[C@@H]2CCCC[C@H]2C)cc1F. The number of rotatable bonds is 4. The molecule has 0 heterocycles. The van der Waals surface area contributed by atoms with Gasteiger partial charge < -0.3 is 10.1 Å². The van der Waals surface area contributed by atoms with Gasteiger partial charge in [-0.25, -0.2) is 4.39 Å². The summed E-state index contributed by atoms with van der Waals surface area (Å²) in [6, 6.07) is 5.07. The quantitative estimate of drug-likeness (QED) is 0.507. The molecule has 1 aliphatic carbocycles. The molecule has 1 aromatic carbocycles. The van der Waals surface area contributed by atoms with E-state index in [0.29, 0.717) is 22.6 Å². The summed E-state index contributed by atoms with van der Waals surface area (Å²) in [6.07, 6.45) is 6.42. The molecule has 0 unspecified atom stereocenters. The summed E-state index contributed by atoms with van der Waals surface area (Å²) in [5.74, 6) is 0.421. The highest BCUT2D eigenvalue weighted by atomic mass is 32.1. The lowest BCUT2D eigenvalue weighted by molar-refractivity contribution is 0.308. The van der Waals surface area contributed by atoms with Crippen molar-refractivity contribution < 1.29 is 9.13 Å². The minimum atomic E-state index is -0.414. The van der Waals surface area contributed by atoms with Crippen LogP contribution in [-0.2, 0) is 0 Å². The fourth-order valence-corrected chi connectivity index (χ4v) is 2.86. The number of nitrogens with zero attached hydrogens (tertiary/aromatic N) is 1. The highest BCUT2D eigenvalue weighted by molar-refractivity contribution is 7.80. The van der Waals surface area contributed by atoms with Crippen LogP contribution in [0.3, 0.4) is 0 Å². The number of hydrazone groups is 1. The third kappa shape index (κ3) is 4.66. The summed E-state index contributed by atoms with van der Waals surface area (Å²) in [4.78, 5) is 0. The largest absolute Gasteiger partial charge is 0.494 e. The smallest absolute Gasteiger partial charge is 0.187 e. The maximum Gasteiger partial charge on any atom is 0.187 e. The Bertz CT molecular complexity index is 550. The van der Waals surface area contributed by atoms with Gasteiger partial charge in [0, 0.05) is 6.04 Å². The van der Waals surface area contributed by atoms with E-state index in [1.54, 1.807) is 12.1 Å². The molecule has 0 spiro atoms. The van der Waals surface area contributed by atoms with Crippen molar-refractivity contribution in [3.63, 3.8) is 0 Å². The average Bonchev–Trinajstić information content (AvgIpc) is 2.50. The number of hydrogen-bond donors (Lipinski definition) is 2. The monoisotopic (exact) mass is 323 g/mol. The van der Waals surface area contributed by atoms with Gasteiger partial charge in [-0.05, 0) is 54.7 Å². The molecule has 2 rings (SSSR count). The Morgan fingerprint density at radius 2 is 2.18 bits per heavy atom. The molecule has 1 saturated carbocycles. The lowest BCUT2D eigenvalue weighted by Crippen LogP contribution is -2.44. The van der Waals surface area contributed by atoms with Crippen LogP contribution in [0.1, 0.15) is 38.2 Å². The Morgan fingerprint density at radius 1 is 1.41 bits per heavy atom. The number of hydrogen-bond acceptors (Lipinski definition) is 3. The highest BCUT2D eigenvalue weighted by Crippen LogP contribution is 2.23. The zero-order valence-electron chi connectivity index (χ0n) is 12.9. The molecule has 0 amide bonds. The number of benzene rings is 1. The van der Waals surface area contributed by atoms with Crippen LogP contribution in [0.2, 0.25) is 0 Å². The second-order valence-corrected chi connectivity index (χ2v) is 6.01. The summed E-state index contributed by atoms with van der Waals surface area (Å²) < 4.78 is 18.4. The second kappa shape index (κ2) is 8.08. The number of nitrogens with one attached hydrogen (secondary N) is 2. The molecule has 0 aromatic heterocycles. The second-order valence-electron chi connectivity index (χ2n) is 5.61. The minimum Gasteiger partial charge on any atom is -0.494 e. The summed E-state index contributed by atoms with van der Waals surface area (Å²) in [5.41, 5.74) is 3.42.